The van der Waals surface area contributed by atoms with Crippen LogP contribution in [0, 0.1) is 5.92 Å². The van der Waals surface area contributed by atoms with Gasteiger partial charge in [-0.05, 0) is 51.3 Å². The first-order chi connectivity index (χ1) is 11.3. The van der Waals surface area contributed by atoms with E-state index in [2.05, 4.69) is 21.8 Å². The van der Waals surface area contributed by atoms with Crippen LogP contribution in [0.4, 0.5) is 0 Å². The number of hydrogen-bond acceptors (Lipinski definition) is 4. The fraction of sp³-hybridized carbons (Fsp3) is 0.737. The summed E-state index contributed by atoms with van der Waals surface area (Å²) in [6, 6.07) is 6.75. The van der Waals surface area contributed by atoms with Gasteiger partial charge in [0.25, 0.3) is 0 Å². The summed E-state index contributed by atoms with van der Waals surface area (Å²) in [5, 5.41) is 0. The standard InChI is InChI=1S/C19H29N3O/c1-21-11-9-16(13-23-18-8-4-5-10-20-18)12-19(21)14-22(15-19)17-6-2-3-7-17/h4-5,8,10,16-17H,2-3,6-7,9,11-15H2,1H3/t16-/m0/s1. The lowest BCUT2D eigenvalue weighted by Gasteiger charge is -2.60. The van der Waals surface area contributed by atoms with Crippen molar-refractivity contribution in [2.45, 2.75) is 50.1 Å². The number of aromatic nitrogens is 1. The highest BCUT2D eigenvalue weighted by molar-refractivity contribution is 5.11. The topological polar surface area (TPSA) is 28.6 Å². The van der Waals surface area contributed by atoms with E-state index in [0.29, 0.717) is 11.5 Å². The average Bonchev–Trinajstić information content (AvgIpc) is 3.07. The number of piperidine rings is 1. The van der Waals surface area contributed by atoms with Crippen LogP contribution in [0.2, 0.25) is 0 Å². The lowest BCUT2D eigenvalue weighted by molar-refractivity contribution is -0.0994. The molecule has 0 bridgehead atoms. The zero-order valence-electron chi connectivity index (χ0n) is 14.3. The third-order valence-corrected chi connectivity index (χ3v) is 6.29. The lowest BCUT2D eigenvalue weighted by atomic mass is 9.74. The van der Waals surface area contributed by atoms with Gasteiger partial charge in [0.1, 0.15) is 0 Å². The van der Waals surface area contributed by atoms with Gasteiger partial charge in [-0.3, -0.25) is 9.80 Å². The van der Waals surface area contributed by atoms with Crippen LogP contribution in [0.3, 0.4) is 0 Å². The zero-order valence-corrected chi connectivity index (χ0v) is 14.3. The Morgan fingerprint density at radius 2 is 2.04 bits per heavy atom. The van der Waals surface area contributed by atoms with Crippen molar-refractivity contribution >= 4 is 0 Å². The first kappa shape index (κ1) is 15.4. The second kappa shape index (κ2) is 6.40. The van der Waals surface area contributed by atoms with Crippen molar-refractivity contribution in [2.24, 2.45) is 5.92 Å². The normalized spacial score (nSPS) is 28.8. The van der Waals surface area contributed by atoms with E-state index < -0.39 is 0 Å². The summed E-state index contributed by atoms with van der Waals surface area (Å²) in [6.07, 6.45) is 10.0. The van der Waals surface area contributed by atoms with Crippen LogP contribution in [-0.2, 0) is 0 Å². The molecule has 2 aliphatic heterocycles. The highest BCUT2D eigenvalue weighted by Gasteiger charge is 2.51. The minimum atomic E-state index is 0.416. The van der Waals surface area contributed by atoms with Crippen molar-refractivity contribution in [3.8, 4) is 5.88 Å². The van der Waals surface area contributed by atoms with E-state index >= 15 is 0 Å². The molecular formula is C19H29N3O. The Labute approximate surface area is 139 Å². The van der Waals surface area contributed by atoms with Gasteiger partial charge in [-0.2, -0.15) is 0 Å². The van der Waals surface area contributed by atoms with E-state index in [1.807, 2.05) is 18.2 Å². The van der Waals surface area contributed by atoms with Crippen molar-refractivity contribution in [3.63, 3.8) is 0 Å². The molecule has 1 atom stereocenters. The molecule has 1 spiro atoms. The van der Waals surface area contributed by atoms with Crippen molar-refractivity contribution in [3.05, 3.63) is 24.4 Å². The monoisotopic (exact) mass is 315 g/mol. The molecule has 4 nitrogen and oxygen atoms in total. The molecule has 1 aromatic rings. The summed E-state index contributed by atoms with van der Waals surface area (Å²) in [6.45, 7) is 4.56. The predicted molar refractivity (Wildman–Crippen MR) is 91.6 cm³/mol. The Morgan fingerprint density at radius 1 is 1.22 bits per heavy atom. The van der Waals surface area contributed by atoms with E-state index in [0.717, 1.165) is 18.5 Å². The van der Waals surface area contributed by atoms with Crippen LogP contribution < -0.4 is 4.74 Å². The second-order valence-corrected chi connectivity index (χ2v) is 7.83. The zero-order chi connectivity index (χ0) is 15.7. The maximum Gasteiger partial charge on any atom is 0.213 e. The summed E-state index contributed by atoms with van der Waals surface area (Å²) in [4.78, 5) is 9.63. The summed E-state index contributed by atoms with van der Waals surface area (Å²) >= 11 is 0. The number of pyridine rings is 1. The molecule has 0 unspecified atom stereocenters. The first-order valence-electron chi connectivity index (χ1n) is 9.24. The van der Waals surface area contributed by atoms with E-state index in [1.54, 1.807) is 6.20 Å². The Hall–Kier alpha value is -1.13. The summed E-state index contributed by atoms with van der Waals surface area (Å²) < 4.78 is 5.93. The predicted octanol–water partition coefficient (Wildman–Crippen LogP) is 2.80. The van der Waals surface area contributed by atoms with Gasteiger partial charge in [0.05, 0.1) is 6.61 Å². The van der Waals surface area contributed by atoms with Gasteiger partial charge < -0.3 is 4.74 Å². The lowest BCUT2D eigenvalue weighted by Crippen LogP contribution is -2.73. The summed E-state index contributed by atoms with van der Waals surface area (Å²) in [7, 11) is 2.32. The molecule has 0 N–H and O–H groups in total. The Kier molecular flexibility index (Phi) is 4.29. The van der Waals surface area contributed by atoms with Crippen LogP contribution in [0.25, 0.3) is 0 Å². The molecule has 4 rings (SSSR count). The third kappa shape index (κ3) is 3.11. The minimum absolute atomic E-state index is 0.416. The SMILES string of the molecule is CN1CC[C@H](COc2ccccn2)CC12CN(C1CCCC1)C2. The maximum atomic E-state index is 5.93. The molecule has 0 amide bonds. The van der Waals surface area contributed by atoms with E-state index in [-0.39, 0.29) is 0 Å². The molecule has 0 aromatic carbocycles. The fourth-order valence-electron chi connectivity index (χ4n) is 4.79. The average molecular weight is 315 g/mol. The Morgan fingerprint density at radius 3 is 2.78 bits per heavy atom. The molecule has 1 aromatic heterocycles. The molecule has 3 aliphatic rings. The molecule has 3 fully saturated rings. The first-order valence-corrected chi connectivity index (χ1v) is 9.24. The quantitative estimate of drug-likeness (QED) is 0.854. The smallest absolute Gasteiger partial charge is 0.213 e. The number of ether oxygens (including phenoxy) is 1. The number of nitrogens with zero attached hydrogens (tertiary/aromatic N) is 3. The largest absolute Gasteiger partial charge is 0.477 e. The molecule has 1 aliphatic carbocycles. The van der Waals surface area contributed by atoms with Crippen LogP contribution in [0.1, 0.15) is 38.5 Å². The molecule has 126 valence electrons. The highest BCUT2D eigenvalue weighted by atomic mass is 16.5. The molecule has 4 heteroatoms. The van der Waals surface area contributed by atoms with Gasteiger partial charge in [-0.1, -0.05) is 18.9 Å². The van der Waals surface area contributed by atoms with Gasteiger partial charge in [0.2, 0.25) is 5.88 Å². The van der Waals surface area contributed by atoms with Crippen molar-refractivity contribution in [1.29, 1.82) is 0 Å². The van der Waals surface area contributed by atoms with E-state index in [4.69, 9.17) is 4.74 Å². The van der Waals surface area contributed by atoms with Gasteiger partial charge in [-0.25, -0.2) is 4.98 Å². The molecule has 0 radical (unpaired) electrons. The molecular weight excluding hydrogens is 286 g/mol. The number of likely N-dealkylation sites (N-methyl/N-ethyl adjacent to an activating group) is 1. The fourth-order valence-corrected chi connectivity index (χ4v) is 4.79. The van der Waals surface area contributed by atoms with Crippen LogP contribution in [0.15, 0.2) is 24.4 Å². The Balaban J connectivity index is 1.32. The van der Waals surface area contributed by atoms with Crippen molar-refractivity contribution in [2.75, 3.05) is 33.3 Å². The molecule has 23 heavy (non-hydrogen) atoms. The van der Waals surface area contributed by atoms with Crippen molar-refractivity contribution in [1.82, 2.24) is 14.8 Å². The van der Waals surface area contributed by atoms with Gasteiger partial charge >= 0.3 is 0 Å². The molecule has 3 heterocycles. The minimum Gasteiger partial charge on any atom is -0.477 e. The highest BCUT2D eigenvalue weighted by Crippen LogP contribution is 2.41. The Bertz CT molecular complexity index is 509. The number of likely N-dealkylation sites (tertiary alicyclic amines) is 2. The van der Waals surface area contributed by atoms with E-state index in [9.17, 15) is 0 Å². The van der Waals surface area contributed by atoms with Crippen molar-refractivity contribution < 1.29 is 4.74 Å². The third-order valence-electron chi connectivity index (χ3n) is 6.29. The number of rotatable bonds is 4. The summed E-state index contributed by atoms with van der Waals surface area (Å²) in [5.41, 5.74) is 0.416. The van der Waals surface area contributed by atoms with Crippen LogP contribution >= 0.6 is 0 Å². The maximum absolute atomic E-state index is 5.93. The summed E-state index contributed by atoms with van der Waals surface area (Å²) in [5.74, 6) is 1.43. The molecule has 2 saturated heterocycles. The van der Waals surface area contributed by atoms with Crippen LogP contribution in [-0.4, -0.2) is 59.7 Å². The van der Waals surface area contributed by atoms with Crippen LogP contribution in [0.5, 0.6) is 5.88 Å². The molecule has 1 saturated carbocycles. The van der Waals surface area contributed by atoms with Gasteiger partial charge in [0.15, 0.2) is 0 Å². The van der Waals surface area contributed by atoms with E-state index in [1.165, 1.54) is 58.2 Å². The number of hydrogen-bond donors (Lipinski definition) is 0. The van der Waals surface area contributed by atoms with Gasteiger partial charge in [0, 0.05) is 36.9 Å². The second-order valence-electron chi connectivity index (χ2n) is 7.83. The van der Waals surface area contributed by atoms with Gasteiger partial charge in [-0.15, -0.1) is 0 Å².